The molecule has 186 valence electrons. The summed E-state index contributed by atoms with van der Waals surface area (Å²) in [4.78, 5) is 4.39. The lowest BCUT2D eigenvalue weighted by Gasteiger charge is -2.16. The van der Waals surface area contributed by atoms with E-state index in [-0.39, 0.29) is 12.4 Å². The van der Waals surface area contributed by atoms with Gasteiger partial charge in [0.2, 0.25) is 0 Å². The number of nitriles is 2. The third-order valence-corrected chi connectivity index (χ3v) is 7.19. The maximum absolute atomic E-state index is 9.82. The van der Waals surface area contributed by atoms with E-state index in [1.54, 1.807) is 12.1 Å². The van der Waals surface area contributed by atoms with Gasteiger partial charge in [-0.15, -0.1) is 0 Å². The zero-order chi connectivity index (χ0) is 26.9. The zero-order valence-electron chi connectivity index (χ0n) is 20.2. The third kappa shape index (κ3) is 5.04. The van der Waals surface area contributed by atoms with Gasteiger partial charge in [0.05, 0.1) is 27.9 Å². The minimum Gasteiger partial charge on any atom is -0.490 e. The van der Waals surface area contributed by atoms with Gasteiger partial charge < -0.3 is 15.2 Å². The lowest BCUT2D eigenvalue weighted by atomic mass is 9.95. The number of hydrogen-bond acceptors (Lipinski definition) is 6. The normalized spacial score (nSPS) is 13.4. The van der Waals surface area contributed by atoms with Crippen molar-refractivity contribution in [1.29, 1.82) is 10.5 Å². The molecule has 4 rings (SSSR count). The summed E-state index contributed by atoms with van der Waals surface area (Å²) >= 11 is 15.9. The number of halogens is 3. The molecule has 0 aliphatic heterocycles. The highest BCUT2D eigenvalue weighted by Crippen LogP contribution is 2.45. The fourth-order valence-electron chi connectivity index (χ4n) is 4.23. The highest BCUT2D eigenvalue weighted by molar-refractivity contribution is 9.10. The van der Waals surface area contributed by atoms with Crippen LogP contribution in [0.15, 0.2) is 40.4 Å². The highest BCUT2D eigenvalue weighted by atomic mass is 79.9. The number of anilines is 1. The molecule has 1 aliphatic carbocycles. The Balaban J connectivity index is 1.79. The summed E-state index contributed by atoms with van der Waals surface area (Å²) in [5.41, 5.74) is 11.8. The number of allylic oxidation sites excluding steroid dienone is 3. The van der Waals surface area contributed by atoms with Crippen LogP contribution in [0.5, 0.6) is 11.5 Å². The Labute approximate surface area is 233 Å². The van der Waals surface area contributed by atoms with Crippen LogP contribution in [0.25, 0.3) is 17.2 Å². The number of nitrogens with two attached hydrogens (primary N) is 1. The van der Waals surface area contributed by atoms with E-state index in [0.29, 0.717) is 55.0 Å². The van der Waals surface area contributed by atoms with Crippen LogP contribution in [0.3, 0.4) is 0 Å². The number of pyridine rings is 1. The summed E-state index contributed by atoms with van der Waals surface area (Å²) in [6.07, 6.45) is 1.94. The lowest BCUT2D eigenvalue weighted by molar-refractivity contribution is 0.267. The maximum Gasteiger partial charge on any atom is 0.175 e. The van der Waals surface area contributed by atoms with E-state index in [9.17, 15) is 10.5 Å². The molecule has 2 aromatic carbocycles. The van der Waals surface area contributed by atoms with E-state index < -0.39 is 0 Å². The standard InChI is InChI=1S/C28H21BrCl2N4O2/c1-4-36-24-9-16(8-22(29)27(24)37-13-17-5-6-18(30)10-23(17)31)7-19-14(2)20(11-32)26-25(19)15(3)21(12-33)28(34)35-26/h5-10H,4,13H2,1-3H3,(H2,34,35)/b19-7-. The molecule has 0 radical (unpaired) electrons. The number of fused-ring (bicyclic) bond motifs is 1. The van der Waals surface area contributed by atoms with Gasteiger partial charge in [-0.25, -0.2) is 4.98 Å². The first-order valence-electron chi connectivity index (χ1n) is 11.3. The molecule has 0 fully saturated rings. The monoisotopic (exact) mass is 594 g/mol. The van der Waals surface area contributed by atoms with E-state index in [2.05, 4.69) is 33.1 Å². The van der Waals surface area contributed by atoms with E-state index in [1.807, 2.05) is 45.0 Å². The average molecular weight is 596 g/mol. The van der Waals surface area contributed by atoms with E-state index >= 15 is 0 Å². The quantitative estimate of drug-likeness (QED) is 0.312. The fraction of sp³-hybridized carbons (Fsp3) is 0.179. The molecule has 0 amide bonds. The molecule has 1 aliphatic rings. The Morgan fingerprint density at radius 2 is 1.86 bits per heavy atom. The van der Waals surface area contributed by atoms with Crippen LogP contribution in [0, 0.1) is 29.6 Å². The molecule has 0 unspecified atom stereocenters. The van der Waals surface area contributed by atoms with Crippen molar-refractivity contribution in [1.82, 2.24) is 4.98 Å². The number of benzene rings is 2. The SMILES string of the molecule is CCOc1cc(/C=C2/C(C)=C(C#N)c3nc(N)c(C#N)c(C)c32)cc(Br)c1OCc1ccc(Cl)cc1Cl. The second-order valence-corrected chi connectivity index (χ2v) is 9.99. The van der Waals surface area contributed by atoms with Crippen molar-refractivity contribution < 1.29 is 9.47 Å². The summed E-state index contributed by atoms with van der Waals surface area (Å²) in [6, 6.07) is 13.4. The van der Waals surface area contributed by atoms with Crippen molar-refractivity contribution in [2.75, 3.05) is 12.3 Å². The van der Waals surface area contributed by atoms with Gasteiger partial charge in [0, 0.05) is 21.2 Å². The van der Waals surface area contributed by atoms with Gasteiger partial charge in [-0.2, -0.15) is 10.5 Å². The molecular formula is C28H21BrCl2N4O2. The summed E-state index contributed by atoms with van der Waals surface area (Å²) in [7, 11) is 0. The molecule has 2 N–H and O–H groups in total. The van der Waals surface area contributed by atoms with Gasteiger partial charge in [0.15, 0.2) is 11.5 Å². The minimum atomic E-state index is 0.115. The van der Waals surface area contributed by atoms with E-state index in [4.69, 9.17) is 38.4 Å². The first-order chi connectivity index (χ1) is 17.7. The summed E-state index contributed by atoms with van der Waals surface area (Å²) in [5.74, 6) is 1.19. The number of hydrogen-bond donors (Lipinski definition) is 1. The van der Waals surface area contributed by atoms with Crippen molar-refractivity contribution in [2.45, 2.75) is 27.4 Å². The van der Waals surface area contributed by atoms with Crippen LogP contribution in [0.1, 0.15) is 47.4 Å². The molecule has 1 aromatic heterocycles. The first-order valence-corrected chi connectivity index (χ1v) is 12.8. The van der Waals surface area contributed by atoms with E-state index in [1.165, 1.54) is 0 Å². The Hall–Kier alpha value is -3.49. The number of ether oxygens (including phenoxy) is 2. The lowest BCUT2D eigenvalue weighted by Crippen LogP contribution is -2.04. The molecule has 9 heteroatoms. The van der Waals surface area contributed by atoms with Crippen molar-refractivity contribution in [2.24, 2.45) is 0 Å². The molecule has 6 nitrogen and oxygen atoms in total. The minimum absolute atomic E-state index is 0.115. The van der Waals surface area contributed by atoms with Crippen molar-refractivity contribution >= 4 is 62.2 Å². The largest absolute Gasteiger partial charge is 0.490 e. The predicted molar refractivity (Wildman–Crippen MR) is 150 cm³/mol. The summed E-state index contributed by atoms with van der Waals surface area (Å²) in [6.45, 7) is 6.22. The Bertz CT molecular complexity index is 1580. The predicted octanol–water partition coefficient (Wildman–Crippen LogP) is 7.74. The highest BCUT2D eigenvalue weighted by Gasteiger charge is 2.29. The van der Waals surface area contributed by atoms with Crippen LogP contribution in [-0.4, -0.2) is 11.6 Å². The molecule has 0 atom stereocenters. The topological polar surface area (TPSA) is 105 Å². The van der Waals surface area contributed by atoms with Gasteiger partial charge in [-0.1, -0.05) is 29.3 Å². The fourth-order valence-corrected chi connectivity index (χ4v) is 5.26. The summed E-state index contributed by atoms with van der Waals surface area (Å²) < 4.78 is 12.7. The Morgan fingerprint density at radius 1 is 1.11 bits per heavy atom. The van der Waals surface area contributed by atoms with Gasteiger partial charge in [-0.3, -0.25) is 0 Å². The number of rotatable bonds is 6. The van der Waals surface area contributed by atoms with Crippen LogP contribution in [0.4, 0.5) is 5.82 Å². The second-order valence-electron chi connectivity index (χ2n) is 8.29. The van der Waals surface area contributed by atoms with Crippen LogP contribution in [-0.2, 0) is 6.61 Å². The van der Waals surface area contributed by atoms with Gasteiger partial charge >= 0.3 is 0 Å². The average Bonchev–Trinajstić information content (AvgIpc) is 3.10. The van der Waals surface area contributed by atoms with Crippen molar-refractivity contribution in [3.8, 4) is 23.6 Å². The molecule has 3 aromatic rings. The molecule has 1 heterocycles. The van der Waals surface area contributed by atoms with Gasteiger partial charge in [0.25, 0.3) is 0 Å². The zero-order valence-corrected chi connectivity index (χ0v) is 23.3. The van der Waals surface area contributed by atoms with Gasteiger partial charge in [0.1, 0.15) is 24.6 Å². The number of nitrogen functional groups attached to an aromatic ring is 1. The Morgan fingerprint density at radius 3 is 2.51 bits per heavy atom. The Kier molecular flexibility index (Phi) is 7.80. The molecular weight excluding hydrogens is 575 g/mol. The summed E-state index contributed by atoms with van der Waals surface area (Å²) in [5, 5.41) is 20.5. The third-order valence-electron chi connectivity index (χ3n) is 6.01. The second kappa shape index (κ2) is 10.9. The van der Waals surface area contributed by atoms with Crippen LogP contribution in [0.2, 0.25) is 10.0 Å². The van der Waals surface area contributed by atoms with Gasteiger partial charge in [-0.05, 0) is 89.3 Å². The number of aromatic nitrogens is 1. The molecule has 37 heavy (non-hydrogen) atoms. The molecule has 0 bridgehead atoms. The first kappa shape index (κ1) is 26.6. The maximum atomic E-state index is 9.82. The van der Waals surface area contributed by atoms with E-state index in [0.717, 1.165) is 27.8 Å². The van der Waals surface area contributed by atoms with Crippen LogP contribution < -0.4 is 15.2 Å². The molecule has 0 saturated carbocycles. The van der Waals surface area contributed by atoms with Crippen molar-refractivity contribution in [3.63, 3.8) is 0 Å². The number of nitrogens with zero attached hydrogens (tertiary/aromatic N) is 3. The van der Waals surface area contributed by atoms with Crippen LogP contribution >= 0.6 is 39.1 Å². The molecule has 0 spiro atoms. The smallest absolute Gasteiger partial charge is 0.175 e. The molecule has 0 saturated heterocycles. The van der Waals surface area contributed by atoms with Crippen molar-refractivity contribution in [3.05, 3.63) is 83.9 Å².